The first-order chi connectivity index (χ1) is 12.0. The number of aryl methyl sites for hydroxylation is 1. The smallest absolute Gasteiger partial charge is 0.332 e. The monoisotopic (exact) mass is 342 g/mol. The lowest BCUT2D eigenvalue weighted by Crippen LogP contribution is -2.40. The molecule has 2 aliphatic rings. The molecule has 0 amide bonds. The fraction of sp³-hybridized carbons (Fsp3) is 0.632. The van der Waals surface area contributed by atoms with Crippen molar-refractivity contribution in [2.45, 2.75) is 65.0 Å². The fourth-order valence-corrected chi connectivity index (χ4v) is 4.65. The van der Waals surface area contributed by atoms with Crippen LogP contribution in [0.25, 0.3) is 11.2 Å². The van der Waals surface area contributed by atoms with Crippen molar-refractivity contribution in [3.05, 3.63) is 38.8 Å². The Labute approximate surface area is 146 Å². The van der Waals surface area contributed by atoms with Crippen LogP contribution in [0, 0.1) is 11.8 Å². The molecule has 6 nitrogen and oxygen atoms in total. The molecule has 1 N–H and O–H groups in total. The second-order valence-corrected chi connectivity index (χ2v) is 7.78. The van der Waals surface area contributed by atoms with E-state index in [1.165, 1.54) is 4.57 Å². The zero-order valence-corrected chi connectivity index (χ0v) is 15.2. The third-order valence-corrected chi connectivity index (χ3v) is 5.97. The molecule has 2 bridgehead atoms. The molecule has 1 fully saturated rings. The first-order valence-electron chi connectivity index (χ1n) is 9.41. The summed E-state index contributed by atoms with van der Waals surface area (Å²) in [5.74, 6) is 1.93. The van der Waals surface area contributed by atoms with Gasteiger partial charge in [0, 0.05) is 18.5 Å². The lowest BCUT2D eigenvalue weighted by molar-refractivity contribution is 0.376. The number of hydrogen-bond donors (Lipinski definition) is 1. The fourth-order valence-electron chi connectivity index (χ4n) is 4.65. The highest BCUT2D eigenvalue weighted by atomic mass is 16.2. The number of fused-ring (bicyclic) bond motifs is 3. The van der Waals surface area contributed by atoms with E-state index in [2.05, 4.69) is 24.1 Å². The molecule has 2 aromatic heterocycles. The summed E-state index contributed by atoms with van der Waals surface area (Å²) in [7, 11) is 0. The Morgan fingerprint density at radius 2 is 1.92 bits per heavy atom. The molecule has 2 heterocycles. The second kappa shape index (κ2) is 5.71. The van der Waals surface area contributed by atoms with Crippen LogP contribution < -0.4 is 11.2 Å². The van der Waals surface area contributed by atoms with Gasteiger partial charge in [0.2, 0.25) is 0 Å². The molecule has 25 heavy (non-hydrogen) atoms. The van der Waals surface area contributed by atoms with E-state index in [0.29, 0.717) is 36.1 Å². The Bertz CT molecular complexity index is 964. The van der Waals surface area contributed by atoms with Gasteiger partial charge in [-0.2, -0.15) is 0 Å². The summed E-state index contributed by atoms with van der Waals surface area (Å²) in [5.41, 5.74) is 0.442. The van der Waals surface area contributed by atoms with Crippen molar-refractivity contribution in [1.82, 2.24) is 19.1 Å². The van der Waals surface area contributed by atoms with Crippen LogP contribution in [0.4, 0.5) is 0 Å². The maximum absolute atomic E-state index is 12.9. The molecule has 0 saturated heterocycles. The number of imidazole rings is 1. The van der Waals surface area contributed by atoms with E-state index in [1.807, 2.05) is 13.8 Å². The number of nitrogens with zero attached hydrogens (tertiary/aromatic N) is 3. The molecule has 0 spiro atoms. The van der Waals surface area contributed by atoms with E-state index in [9.17, 15) is 9.59 Å². The van der Waals surface area contributed by atoms with Gasteiger partial charge in [-0.25, -0.2) is 9.78 Å². The van der Waals surface area contributed by atoms with Gasteiger partial charge in [-0.05, 0) is 37.5 Å². The summed E-state index contributed by atoms with van der Waals surface area (Å²) < 4.78 is 3.02. The first kappa shape index (κ1) is 16.4. The molecule has 4 rings (SSSR count). The summed E-state index contributed by atoms with van der Waals surface area (Å²) in [6.07, 6.45) is 8.38. The SMILES string of the molecule is CCCn1c(=O)c2[nH]c([C@@]3(C)C[C@@H]4C=C[C@H]3C4)nc2n(CCC)c1=O. The lowest BCUT2D eigenvalue weighted by atomic mass is 9.77. The zero-order valence-electron chi connectivity index (χ0n) is 15.2. The molecule has 6 heteroatoms. The Morgan fingerprint density at radius 1 is 1.20 bits per heavy atom. The van der Waals surface area contributed by atoms with Gasteiger partial charge in [0.25, 0.3) is 5.56 Å². The largest absolute Gasteiger partial charge is 0.336 e. The lowest BCUT2D eigenvalue weighted by Gasteiger charge is -2.28. The van der Waals surface area contributed by atoms with Crippen molar-refractivity contribution >= 4 is 11.2 Å². The maximum Gasteiger partial charge on any atom is 0.332 e. The Hall–Kier alpha value is -2.11. The van der Waals surface area contributed by atoms with E-state index < -0.39 is 0 Å². The maximum atomic E-state index is 12.9. The van der Waals surface area contributed by atoms with E-state index in [4.69, 9.17) is 4.98 Å². The Kier molecular flexibility index (Phi) is 3.74. The van der Waals surface area contributed by atoms with Crippen LogP contribution in [0.3, 0.4) is 0 Å². The number of hydrogen-bond acceptors (Lipinski definition) is 3. The molecule has 2 aliphatic carbocycles. The molecular weight excluding hydrogens is 316 g/mol. The molecule has 0 aliphatic heterocycles. The van der Waals surface area contributed by atoms with Crippen LogP contribution >= 0.6 is 0 Å². The zero-order chi connectivity index (χ0) is 17.8. The minimum absolute atomic E-state index is 0.0758. The Morgan fingerprint density at radius 3 is 2.52 bits per heavy atom. The minimum atomic E-state index is -0.241. The molecule has 134 valence electrons. The summed E-state index contributed by atoms with van der Waals surface area (Å²) in [6, 6.07) is 0. The first-order valence-corrected chi connectivity index (χ1v) is 9.41. The van der Waals surface area contributed by atoms with E-state index in [0.717, 1.165) is 31.5 Å². The summed E-state index contributed by atoms with van der Waals surface area (Å²) in [4.78, 5) is 33.7. The van der Waals surface area contributed by atoms with Gasteiger partial charge in [-0.1, -0.05) is 32.9 Å². The van der Waals surface area contributed by atoms with Crippen LogP contribution in [-0.4, -0.2) is 19.1 Å². The van der Waals surface area contributed by atoms with Crippen molar-refractivity contribution in [1.29, 1.82) is 0 Å². The standard InChI is InChI=1S/C19H26N4O2/c1-4-8-22-15-14(16(24)23(9-5-2)18(22)25)20-17(21-15)19(3)11-12-6-7-13(19)10-12/h6-7,12-13H,4-5,8-11H2,1-3H3,(H,20,21)/t12-,13+,19+/m1/s1. The highest BCUT2D eigenvalue weighted by molar-refractivity contribution is 5.70. The van der Waals surface area contributed by atoms with Crippen LogP contribution in [0.5, 0.6) is 0 Å². The van der Waals surface area contributed by atoms with E-state index in [1.54, 1.807) is 4.57 Å². The van der Waals surface area contributed by atoms with Crippen LogP contribution in [0.1, 0.15) is 52.3 Å². The molecule has 3 atom stereocenters. The van der Waals surface area contributed by atoms with Crippen molar-refractivity contribution in [3.8, 4) is 0 Å². The summed E-state index contributed by atoms with van der Waals surface area (Å²) >= 11 is 0. The van der Waals surface area contributed by atoms with Crippen molar-refractivity contribution in [3.63, 3.8) is 0 Å². The van der Waals surface area contributed by atoms with Gasteiger partial charge in [0.15, 0.2) is 5.65 Å². The predicted octanol–water partition coefficient (Wildman–Crippen LogP) is 2.56. The van der Waals surface area contributed by atoms with Crippen LogP contribution in [0.15, 0.2) is 21.7 Å². The summed E-state index contributed by atoms with van der Waals surface area (Å²) in [6.45, 7) is 7.25. The molecule has 0 radical (unpaired) electrons. The molecule has 0 aromatic carbocycles. The number of aromatic nitrogens is 4. The van der Waals surface area contributed by atoms with E-state index >= 15 is 0 Å². The molecule has 1 saturated carbocycles. The predicted molar refractivity (Wildman–Crippen MR) is 97.9 cm³/mol. The number of aromatic amines is 1. The average molecular weight is 342 g/mol. The topological polar surface area (TPSA) is 72.7 Å². The Balaban J connectivity index is 1.95. The third kappa shape index (κ3) is 2.26. The van der Waals surface area contributed by atoms with Gasteiger partial charge in [-0.3, -0.25) is 13.9 Å². The normalized spacial score (nSPS) is 27.6. The minimum Gasteiger partial charge on any atom is -0.336 e. The van der Waals surface area contributed by atoms with Gasteiger partial charge >= 0.3 is 5.69 Å². The summed E-state index contributed by atoms with van der Waals surface area (Å²) in [5, 5.41) is 0. The number of rotatable bonds is 5. The highest BCUT2D eigenvalue weighted by Gasteiger charge is 2.48. The molecule has 2 aromatic rings. The highest BCUT2D eigenvalue weighted by Crippen LogP contribution is 2.52. The van der Waals surface area contributed by atoms with Crippen molar-refractivity contribution < 1.29 is 0 Å². The second-order valence-electron chi connectivity index (χ2n) is 7.78. The quantitative estimate of drug-likeness (QED) is 0.849. The number of H-pyrrole nitrogens is 1. The molecular formula is C19H26N4O2. The third-order valence-electron chi connectivity index (χ3n) is 5.97. The van der Waals surface area contributed by atoms with E-state index in [-0.39, 0.29) is 16.7 Å². The van der Waals surface area contributed by atoms with Gasteiger partial charge in [0.1, 0.15) is 11.3 Å². The van der Waals surface area contributed by atoms with Gasteiger partial charge < -0.3 is 4.98 Å². The number of nitrogens with one attached hydrogen (secondary N) is 1. The molecule has 0 unspecified atom stereocenters. The number of allylic oxidation sites excluding steroid dienone is 2. The van der Waals surface area contributed by atoms with Crippen LogP contribution in [-0.2, 0) is 18.5 Å². The van der Waals surface area contributed by atoms with Crippen LogP contribution in [0.2, 0.25) is 0 Å². The van der Waals surface area contributed by atoms with Crippen molar-refractivity contribution in [2.75, 3.05) is 0 Å². The van der Waals surface area contributed by atoms with Crippen molar-refractivity contribution in [2.24, 2.45) is 11.8 Å². The van der Waals surface area contributed by atoms with Gasteiger partial charge in [-0.15, -0.1) is 0 Å². The van der Waals surface area contributed by atoms with Gasteiger partial charge in [0.05, 0.1) is 0 Å². The average Bonchev–Trinajstić information content (AvgIpc) is 3.29.